The molecule has 0 fully saturated rings. The zero-order valence-corrected chi connectivity index (χ0v) is 13.7. The number of aryl methyl sites for hydroxylation is 2. The van der Waals surface area contributed by atoms with Gasteiger partial charge in [-0.3, -0.25) is 25.1 Å². The third kappa shape index (κ3) is 3.56. The standard InChI is InChI=1S/C17H20N4O3/c1-11-7-12(2)21(20-11)9-16(22)18-19-17(23)14-8-13-5-3-4-6-15(13)24-10-14/h3-7,14H,8-10H2,1-2H3,(H,18,22)(H,19,23). The van der Waals surface area contributed by atoms with Crippen LogP contribution in [0.1, 0.15) is 17.0 Å². The van der Waals surface area contributed by atoms with E-state index in [0.29, 0.717) is 13.0 Å². The van der Waals surface area contributed by atoms with Crippen molar-refractivity contribution in [1.82, 2.24) is 20.6 Å². The highest BCUT2D eigenvalue weighted by Crippen LogP contribution is 2.26. The summed E-state index contributed by atoms with van der Waals surface area (Å²) in [5, 5.41) is 4.22. The van der Waals surface area contributed by atoms with E-state index in [1.54, 1.807) is 4.68 Å². The number of nitrogens with zero attached hydrogens (tertiary/aromatic N) is 2. The van der Waals surface area contributed by atoms with E-state index in [1.165, 1.54) is 0 Å². The number of aromatic nitrogens is 2. The van der Waals surface area contributed by atoms with Crippen LogP contribution in [0.25, 0.3) is 0 Å². The molecule has 0 aliphatic carbocycles. The number of amides is 2. The third-order valence-electron chi connectivity index (χ3n) is 3.97. The summed E-state index contributed by atoms with van der Waals surface area (Å²) in [5.74, 6) is -0.0955. The van der Waals surface area contributed by atoms with Gasteiger partial charge in [0, 0.05) is 5.69 Å². The van der Waals surface area contributed by atoms with Crippen molar-refractivity contribution in [2.75, 3.05) is 6.61 Å². The summed E-state index contributed by atoms with van der Waals surface area (Å²) in [6.07, 6.45) is 0.593. The molecule has 24 heavy (non-hydrogen) atoms. The van der Waals surface area contributed by atoms with Gasteiger partial charge < -0.3 is 4.74 Å². The van der Waals surface area contributed by atoms with Crippen LogP contribution in [0.4, 0.5) is 0 Å². The maximum atomic E-state index is 12.2. The molecule has 0 bridgehead atoms. The van der Waals surface area contributed by atoms with Gasteiger partial charge in [-0.1, -0.05) is 18.2 Å². The SMILES string of the molecule is Cc1cc(C)n(CC(=O)NNC(=O)C2COc3ccccc3C2)n1. The molecule has 1 atom stereocenters. The van der Waals surface area contributed by atoms with Crippen molar-refractivity contribution in [2.45, 2.75) is 26.8 Å². The lowest BCUT2D eigenvalue weighted by Gasteiger charge is -2.24. The van der Waals surface area contributed by atoms with E-state index in [2.05, 4.69) is 16.0 Å². The Balaban J connectivity index is 1.51. The summed E-state index contributed by atoms with van der Waals surface area (Å²) in [7, 11) is 0. The topological polar surface area (TPSA) is 85.2 Å². The fourth-order valence-corrected chi connectivity index (χ4v) is 2.74. The maximum Gasteiger partial charge on any atom is 0.260 e. The zero-order valence-electron chi connectivity index (χ0n) is 13.7. The second-order valence-corrected chi connectivity index (χ2v) is 5.94. The normalized spacial score (nSPS) is 16.0. The molecule has 7 heteroatoms. The molecule has 2 amide bonds. The molecule has 2 heterocycles. The fourth-order valence-electron chi connectivity index (χ4n) is 2.74. The summed E-state index contributed by atoms with van der Waals surface area (Å²) in [6.45, 7) is 4.10. The van der Waals surface area contributed by atoms with E-state index < -0.39 is 0 Å². The van der Waals surface area contributed by atoms with Crippen LogP contribution >= 0.6 is 0 Å². The van der Waals surface area contributed by atoms with Gasteiger partial charge in [0.25, 0.3) is 5.91 Å². The van der Waals surface area contributed by atoms with Gasteiger partial charge in [0.05, 0.1) is 11.6 Å². The molecular formula is C17H20N4O3. The number of ether oxygens (including phenoxy) is 1. The number of hydrazine groups is 1. The minimum absolute atomic E-state index is 0.0595. The summed E-state index contributed by atoms with van der Waals surface area (Å²) >= 11 is 0. The Hall–Kier alpha value is -2.83. The Kier molecular flexibility index (Phi) is 4.50. The van der Waals surface area contributed by atoms with Gasteiger partial charge in [-0.2, -0.15) is 5.10 Å². The molecule has 2 aromatic rings. The monoisotopic (exact) mass is 328 g/mol. The predicted molar refractivity (Wildman–Crippen MR) is 87.1 cm³/mol. The number of hydrogen-bond donors (Lipinski definition) is 2. The molecule has 1 unspecified atom stereocenters. The lowest BCUT2D eigenvalue weighted by atomic mass is 9.96. The molecule has 2 N–H and O–H groups in total. The van der Waals surface area contributed by atoms with Crippen molar-refractivity contribution >= 4 is 11.8 Å². The lowest BCUT2D eigenvalue weighted by molar-refractivity contribution is -0.132. The molecule has 1 aromatic carbocycles. The van der Waals surface area contributed by atoms with E-state index in [4.69, 9.17) is 4.74 Å². The molecule has 1 aromatic heterocycles. The van der Waals surface area contributed by atoms with Crippen LogP contribution in [-0.4, -0.2) is 28.2 Å². The minimum atomic E-state index is -0.327. The molecule has 126 valence electrons. The number of nitrogens with one attached hydrogen (secondary N) is 2. The fraction of sp³-hybridized carbons (Fsp3) is 0.353. The van der Waals surface area contributed by atoms with Gasteiger partial charge in [0.2, 0.25) is 5.91 Å². The molecule has 0 saturated carbocycles. The van der Waals surface area contributed by atoms with Crippen LogP contribution in [0.3, 0.4) is 0 Å². The van der Waals surface area contributed by atoms with Crippen molar-refractivity contribution < 1.29 is 14.3 Å². The largest absolute Gasteiger partial charge is 0.492 e. The quantitative estimate of drug-likeness (QED) is 0.820. The molecule has 1 aliphatic heterocycles. The molecule has 3 rings (SSSR count). The van der Waals surface area contributed by atoms with Crippen molar-refractivity contribution in [3.05, 3.63) is 47.3 Å². The predicted octanol–water partition coefficient (Wildman–Crippen LogP) is 0.899. The van der Waals surface area contributed by atoms with Crippen LogP contribution in [0.5, 0.6) is 5.75 Å². The van der Waals surface area contributed by atoms with Crippen molar-refractivity contribution in [2.24, 2.45) is 5.92 Å². The highest BCUT2D eigenvalue weighted by atomic mass is 16.5. The number of fused-ring (bicyclic) bond motifs is 1. The van der Waals surface area contributed by atoms with E-state index >= 15 is 0 Å². The van der Waals surface area contributed by atoms with Gasteiger partial charge in [-0.15, -0.1) is 0 Å². The smallest absolute Gasteiger partial charge is 0.260 e. The Morgan fingerprint density at radius 3 is 2.83 bits per heavy atom. The number of carbonyl (C=O) groups is 2. The van der Waals surface area contributed by atoms with Gasteiger partial charge >= 0.3 is 0 Å². The number of rotatable bonds is 3. The number of benzene rings is 1. The number of para-hydroxylation sites is 1. The maximum absolute atomic E-state index is 12.2. The second kappa shape index (κ2) is 6.74. The highest BCUT2D eigenvalue weighted by Gasteiger charge is 2.26. The van der Waals surface area contributed by atoms with Crippen LogP contribution in [0.2, 0.25) is 0 Å². The molecule has 1 aliphatic rings. The second-order valence-electron chi connectivity index (χ2n) is 5.94. The minimum Gasteiger partial charge on any atom is -0.492 e. The first kappa shape index (κ1) is 16.0. The van der Waals surface area contributed by atoms with Crippen molar-refractivity contribution in [1.29, 1.82) is 0 Å². The first-order valence-corrected chi connectivity index (χ1v) is 7.83. The van der Waals surface area contributed by atoms with E-state index in [0.717, 1.165) is 22.7 Å². The lowest BCUT2D eigenvalue weighted by Crippen LogP contribution is -2.48. The Labute approximate surface area is 140 Å². The highest BCUT2D eigenvalue weighted by molar-refractivity contribution is 5.83. The molecule has 0 saturated heterocycles. The van der Waals surface area contributed by atoms with Gasteiger partial charge in [-0.25, -0.2) is 0 Å². The van der Waals surface area contributed by atoms with Crippen LogP contribution in [0, 0.1) is 19.8 Å². The average Bonchev–Trinajstić information content (AvgIpc) is 2.89. The average molecular weight is 328 g/mol. The van der Waals surface area contributed by atoms with Crippen LogP contribution in [-0.2, 0) is 22.6 Å². The van der Waals surface area contributed by atoms with E-state index in [1.807, 2.05) is 44.2 Å². The first-order valence-electron chi connectivity index (χ1n) is 7.83. The van der Waals surface area contributed by atoms with E-state index in [9.17, 15) is 9.59 Å². The van der Waals surface area contributed by atoms with Crippen molar-refractivity contribution in [3.8, 4) is 5.75 Å². The van der Waals surface area contributed by atoms with Gasteiger partial charge in [-0.05, 0) is 38.0 Å². The molecule has 0 spiro atoms. The summed E-state index contributed by atoms with van der Waals surface area (Å²) in [4.78, 5) is 24.1. The molecule has 0 radical (unpaired) electrons. The third-order valence-corrected chi connectivity index (χ3v) is 3.97. The Morgan fingerprint density at radius 2 is 2.08 bits per heavy atom. The summed E-state index contributed by atoms with van der Waals surface area (Å²) < 4.78 is 7.18. The van der Waals surface area contributed by atoms with Crippen molar-refractivity contribution in [3.63, 3.8) is 0 Å². The van der Waals surface area contributed by atoms with Gasteiger partial charge in [0.15, 0.2) is 0 Å². The van der Waals surface area contributed by atoms with Gasteiger partial charge in [0.1, 0.15) is 18.9 Å². The number of carbonyl (C=O) groups excluding carboxylic acids is 2. The Morgan fingerprint density at radius 1 is 1.29 bits per heavy atom. The summed E-state index contributed by atoms with van der Waals surface area (Å²) in [6, 6.07) is 9.54. The van der Waals surface area contributed by atoms with Crippen LogP contribution < -0.4 is 15.6 Å². The summed E-state index contributed by atoms with van der Waals surface area (Å²) in [5.41, 5.74) is 7.65. The first-order chi connectivity index (χ1) is 11.5. The number of hydrogen-bond acceptors (Lipinski definition) is 4. The van der Waals surface area contributed by atoms with Crippen LogP contribution in [0.15, 0.2) is 30.3 Å². The molecular weight excluding hydrogens is 308 g/mol. The molecule has 7 nitrogen and oxygen atoms in total. The zero-order chi connectivity index (χ0) is 17.1. The van der Waals surface area contributed by atoms with E-state index in [-0.39, 0.29) is 24.3 Å². The Bertz CT molecular complexity index is 769.